The van der Waals surface area contributed by atoms with Gasteiger partial charge >= 0.3 is 0 Å². The molecule has 2 aromatic heterocycles. The number of nitrogen functional groups attached to an aromatic ring is 1. The predicted molar refractivity (Wildman–Crippen MR) is 110 cm³/mol. The summed E-state index contributed by atoms with van der Waals surface area (Å²) < 4.78 is 0. The van der Waals surface area contributed by atoms with Crippen LogP contribution in [0.5, 0.6) is 0 Å². The van der Waals surface area contributed by atoms with Gasteiger partial charge in [-0.1, -0.05) is 12.1 Å². The van der Waals surface area contributed by atoms with Crippen molar-refractivity contribution in [3.8, 4) is 0 Å². The van der Waals surface area contributed by atoms with Gasteiger partial charge in [0.2, 0.25) is 0 Å². The van der Waals surface area contributed by atoms with Gasteiger partial charge in [-0.3, -0.25) is 15.0 Å². The Labute approximate surface area is 159 Å². The van der Waals surface area contributed by atoms with Crippen molar-refractivity contribution in [1.29, 1.82) is 0 Å². The van der Waals surface area contributed by atoms with Crippen molar-refractivity contribution >= 4 is 39.1 Å². The summed E-state index contributed by atoms with van der Waals surface area (Å²) in [5, 5.41) is 19.4. The van der Waals surface area contributed by atoms with Crippen LogP contribution < -0.4 is 16.6 Å². The smallest absolute Gasteiger partial charge is 0.257 e. The summed E-state index contributed by atoms with van der Waals surface area (Å²) in [7, 11) is 0. The zero-order valence-corrected chi connectivity index (χ0v) is 15.0. The maximum Gasteiger partial charge on any atom is 0.257 e. The van der Waals surface area contributed by atoms with Gasteiger partial charge in [0.05, 0.1) is 16.4 Å². The van der Waals surface area contributed by atoms with Gasteiger partial charge in [0.15, 0.2) is 11.6 Å². The fraction of sp³-hybridized carbons (Fsp3) is 0.150. The molecule has 0 atom stereocenters. The molecule has 0 aliphatic heterocycles. The van der Waals surface area contributed by atoms with Crippen LogP contribution in [0.1, 0.15) is 24.5 Å². The molecule has 140 valence electrons. The number of aromatic nitrogens is 5. The lowest BCUT2D eigenvalue weighted by Gasteiger charge is -2.02. The Morgan fingerprint density at radius 1 is 0.964 bits per heavy atom. The van der Waals surface area contributed by atoms with Crippen molar-refractivity contribution in [2.75, 3.05) is 11.1 Å². The molecule has 8 nitrogen and oxygen atoms in total. The third kappa shape index (κ3) is 3.05. The molecule has 0 amide bonds. The Morgan fingerprint density at radius 2 is 1.82 bits per heavy atom. The quantitative estimate of drug-likeness (QED) is 0.351. The minimum absolute atomic E-state index is 0.234. The number of fused-ring (bicyclic) bond motifs is 2. The molecule has 0 unspecified atom stereocenters. The highest BCUT2D eigenvalue weighted by Crippen LogP contribution is 2.39. The zero-order chi connectivity index (χ0) is 19.1. The van der Waals surface area contributed by atoms with Crippen molar-refractivity contribution in [2.45, 2.75) is 18.8 Å². The topological polar surface area (TPSA) is 128 Å². The molecule has 1 fully saturated rings. The molecule has 8 heteroatoms. The van der Waals surface area contributed by atoms with E-state index in [1.807, 2.05) is 30.3 Å². The van der Waals surface area contributed by atoms with Gasteiger partial charge in [-0.15, -0.1) is 0 Å². The van der Waals surface area contributed by atoms with Crippen molar-refractivity contribution < 1.29 is 0 Å². The Morgan fingerprint density at radius 3 is 2.68 bits per heavy atom. The predicted octanol–water partition coefficient (Wildman–Crippen LogP) is 3.46. The zero-order valence-electron chi connectivity index (χ0n) is 15.0. The molecule has 2 aromatic carbocycles. The second kappa shape index (κ2) is 6.41. The van der Waals surface area contributed by atoms with E-state index in [4.69, 9.17) is 5.73 Å². The molecule has 5 rings (SSSR count). The third-order valence-corrected chi connectivity index (χ3v) is 4.87. The molecule has 0 spiro atoms. The summed E-state index contributed by atoms with van der Waals surface area (Å²) in [5.74, 6) is 1.79. The van der Waals surface area contributed by atoms with Crippen LogP contribution in [0, 0.1) is 0 Å². The van der Waals surface area contributed by atoms with Crippen LogP contribution in [-0.2, 0) is 0 Å². The summed E-state index contributed by atoms with van der Waals surface area (Å²) in [6.45, 7) is 0. The number of nitrogens with two attached hydrogens (primary N) is 1. The number of hydrogen-bond donors (Lipinski definition) is 5. The van der Waals surface area contributed by atoms with E-state index in [1.54, 1.807) is 18.2 Å². The van der Waals surface area contributed by atoms with E-state index in [0.29, 0.717) is 39.7 Å². The first kappa shape index (κ1) is 16.4. The molecule has 2 heterocycles. The lowest BCUT2D eigenvalue weighted by atomic mass is 10.2. The number of anilines is 3. The van der Waals surface area contributed by atoms with Gasteiger partial charge in [0, 0.05) is 28.8 Å². The summed E-state index contributed by atoms with van der Waals surface area (Å²) in [6.07, 6.45) is 2.38. The molecule has 0 saturated heterocycles. The standard InChI is InChI=1S/C20H19N7O/c21-12-7-8-14-17(9-12)25-27-19(13-3-1-2-4-15(13)22-20(14)28)23-18-10-16(24-26-18)11-5-6-11/h1-4,7-11,25H,5-6,21H2,(H,22,28)(H2,23,24,26,27). The first-order valence-electron chi connectivity index (χ1n) is 9.14. The molecular formula is C20H19N7O. The number of hydrogen-bond acceptors (Lipinski definition) is 5. The SMILES string of the molecule is Nc1ccc2c(=O)[nH]c3ccccc3c(Nc3cc(C4CC4)[nH]n3)n[nH]c2c1. The largest absolute Gasteiger partial charge is 0.399 e. The van der Waals surface area contributed by atoms with Crippen LogP contribution in [0.2, 0.25) is 0 Å². The lowest BCUT2D eigenvalue weighted by molar-refractivity contribution is 0.966. The van der Waals surface area contributed by atoms with Crippen LogP contribution in [0.4, 0.5) is 17.3 Å². The average molecular weight is 373 g/mol. The normalized spacial score (nSPS) is 13.6. The first-order chi connectivity index (χ1) is 13.7. The van der Waals surface area contributed by atoms with Gasteiger partial charge < -0.3 is 16.0 Å². The van der Waals surface area contributed by atoms with Gasteiger partial charge in [-0.25, -0.2) is 0 Å². The van der Waals surface area contributed by atoms with E-state index < -0.39 is 0 Å². The summed E-state index contributed by atoms with van der Waals surface area (Å²) in [5.41, 5.74) is 8.51. The highest BCUT2D eigenvalue weighted by molar-refractivity contribution is 5.90. The van der Waals surface area contributed by atoms with Crippen LogP contribution in [-0.4, -0.2) is 25.4 Å². The average Bonchev–Trinajstić information content (AvgIpc) is 3.43. The van der Waals surface area contributed by atoms with E-state index in [9.17, 15) is 4.79 Å². The molecule has 0 radical (unpaired) electrons. The van der Waals surface area contributed by atoms with Gasteiger partial charge in [0.1, 0.15) is 0 Å². The molecule has 6 N–H and O–H groups in total. The van der Waals surface area contributed by atoms with E-state index in [0.717, 1.165) is 11.1 Å². The number of nitrogens with zero attached hydrogens (tertiary/aromatic N) is 2. The number of para-hydroxylation sites is 1. The van der Waals surface area contributed by atoms with Crippen molar-refractivity contribution in [3.05, 3.63) is 64.6 Å². The highest BCUT2D eigenvalue weighted by atomic mass is 16.1. The van der Waals surface area contributed by atoms with Gasteiger partial charge in [-0.2, -0.15) is 10.2 Å². The van der Waals surface area contributed by atoms with E-state index >= 15 is 0 Å². The Kier molecular flexibility index (Phi) is 3.75. The van der Waals surface area contributed by atoms with E-state index in [1.165, 1.54) is 12.8 Å². The van der Waals surface area contributed by atoms with E-state index in [2.05, 4.69) is 30.7 Å². The summed E-state index contributed by atoms with van der Waals surface area (Å²) in [6, 6.07) is 14.5. The highest BCUT2D eigenvalue weighted by Gasteiger charge is 2.25. The van der Waals surface area contributed by atoms with Crippen molar-refractivity contribution in [3.63, 3.8) is 0 Å². The van der Waals surface area contributed by atoms with Gasteiger partial charge in [0.25, 0.3) is 5.56 Å². The maximum absolute atomic E-state index is 12.8. The number of rotatable bonds is 3. The molecular weight excluding hydrogens is 354 g/mol. The van der Waals surface area contributed by atoms with Crippen LogP contribution in [0.25, 0.3) is 21.8 Å². The second-order valence-electron chi connectivity index (χ2n) is 6.98. The first-order valence-corrected chi connectivity index (χ1v) is 9.14. The molecule has 1 aliphatic carbocycles. The second-order valence-corrected chi connectivity index (χ2v) is 6.98. The van der Waals surface area contributed by atoms with E-state index in [-0.39, 0.29) is 5.56 Å². The van der Waals surface area contributed by atoms with Crippen LogP contribution in [0.3, 0.4) is 0 Å². The number of nitrogens with one attached hydrogen (secondary N) is 4. The minimum atomic E-state index is -0.234. The molecule has 1 aliphatic rings. The van der Waals surface area contributed by atoms with Crippen LogP contribution in [0.15, 0.2) is 53.3 Å². The van der Waals surface area contributed by atoms with Crippen LogP contribution >= 0.6 is 0 Å². The Bertz CT molecular complexity index is 1290. The molecule has 4 aromatic rings. The van der Waals surface area contributed by atoms with Gasteiger partial charge in [-0.05, 0) is 43.2 Å². The Balaban J connectivity index is 1.74. The monoisotopic (exact) mass is 373 g/mol. The minimum Gasteiger partial charge on any atom is -0.399 e. The fourth-order valence-corrected chi connectivity index (χ4v) is 3.24. The maximum atomic E-state index is 12.8. The number of aromatic amines is 3. The third-order valence-electron chi connectivity index (χ3n) is 4.87. The summed E-state index contributed by atoms with van der Waals surface area (Å²) in [4.78, 5) is 15.7. The van der Waals surface area contributed by atoms with Crippen molar-refractivity contribution in [1.82, 2.24) is 25.4 Å². The fourth-order valence-electron chi connectivity index (χ4n) is 3.24. The molecule has 28 heavy (non-hydrogen) atoms. The molecule has 1 saturated carbocycles. The summed E-state index contributed by atoms with van der Waals surface area (Å²) >= 11 is 0. The molecule has 0 bridgehead atoms. The van der Waals surface area contributed by atoms with Crippen molar-refractivity contribution in [2.24, 2.45) is 0 Å². The number of benzene rings is 2. The Hall–Kier alpha value is -3.81. The lowest BCUT2D eigenvalue weighted by Crippen LogP contribution is -2.03. The number of H-pyrrole nitrogens is 3.